The van der Waals surface area contributed by atoms with E-state index in [1.807, 2.05) is 20.1 Å². The van der Waals surface area contributed by atoms with Crippen LogP contribution in [0.2, 0.25) is 0 Å². The predicted octanol–water partition coefficient (Wildman–Crippen LogP) is -1.36. The number of unbranched alkanes of at least 4 members (excludes halogenated alkanes) is 3. The number of rotatable bonds is 41. The van der Waals surface area contributed by atoms with Crippen molar-refractivity contribution in [1.82, 2.24) is 52.3 Å². The molecule has 2 aliphatic heterocycles. The number of carbonyl (C=O) groups is 11. The minimum Gasteiger partial charge on any atom is -0.508 e. The quantitative estimate of drug-likeness (QED) is 0.0208. The number of benzene rings is 2. The first-order chi connectivity index (χ1) is 44.4. The van der Waals surface area contributed by atoms with Gasteiger partial charge in [0, 0.05) is 38.9 Å². The molecule has 30 heteroatoms. The summed E-state index contributed by atoms with van der Waals surface area (Å²) in [6.45, 7) is 5.22. The molecule has 4 rings (SSSR count). The van der Waals surface area contributed by atoms with Crippen LogP contribution >= 0.6 is 11.8 Å². The summed E-state index contributed by atoms with van der Waals surface area (Å²) in [5.74, 6) is -8.15. The highest BCUT2D eigenvalue weighted by atomic mass is 32.2. The maximum Gasteiger partial charge on any atom is 0.326 e. The van der Waals surface area contributed by atoms with E-state index in [-0.39, 0.29) is 108 Å². The van der Waals surface area contributed by atoms with E-state index in [4.69, 9.17) is 22.9 Å². The smallest absolute Gasteiger partial charge is 0.326 e. The number of amides is 10. The molecule has 93 heavy (non-hydrogen) atoms. The van der Waals surface area contributed by atoms with Gasteiger partial charge in [-0.15, -0.1) is 0 Å². The molecule has 2 aromatic carbocycles. The van der Waals surface area contributed by atoms with Gasteiger partial charge in [-0.1, -0.05) is 62.7 Å². The van der Waals surface area contributed by atoms with Gasteiger partial charge in [0.25, 0.3) is 0 Å². The largest absolute Gasteiger partial charge is 0.508 e. The average molecular weight is 1320 g/mol. The Hall–Kier alpha value is -8.09. The summed E-state index contributed by atoms with van der Waals surface area (Å²) < 4.78 is 0. The van der Waals surface area contributed by atoms with Crippen LogP contribution in [-0.4, -0.2) is 208 Å². The third-order valence-electron chi connectivity index (χ3n) is 16.0. The fourth-order valence-corrected chi connectivity index (χ4v) is 11.4. The van der Waals surface area contributed by atoms with Crippen LogP contribution in [0.1, 0.15) is 128 Å². The molecule has 2 aliphatic rings. The highest BCUT2D eigenvalue weighted by Crippen LogP contribution is 2.24. The summed E-state index contributed by atoms with van der Waals surface area (Å²) in [5.41, 5.74) is 23.3. The molecule has 10 atom stereocenters. The molecule has 0 saturated carbocycles. The van der Waals surface area contributed by atoms with Gasteiger partial charge in [-0.05, 0) is 145 Å². The molecule has 0 radical (unpaired) electrons. The fraction of sp³-hybridized carbons (Fsp3) is 0.619. The molecule has 0 unspecified atom stereocenters. The highest BCUT2D eigenvalue weighted by Gasteiger charge is 2.43. The van der Waals surface area contributed by atoms with Crippen LogP contribution in [0.4, 0.5) is 0 Å². The van der Waals surface area contributed by atoms with Crippen molar-refractivity contribution in [2.75, 3.05) is 51.3 Å². The zero-order chi connectivity index (χ0) is 68.6. The van der Waals surface area contributed by atoms with E-state index < -0.39 is 132 Å². The third kappa shape index (κ3) is 26.4. The molecule has 19 N–H and O–H groups in total. The average Bonchev–Trinajstić information content (AvgIpc) is 1.89. The molecule has 2 fully saturated rings. The van der Waals surface area contributed by atoms with Crippen molar-refractivity contribution in [1.29, 1.82) is 0 Å². The minimum absolute atomic E-state index is 0.000736. The van der Waals surface area contributed by atoms with Crippen molar-refractivity contribution in [3.8, 4) is 5.75 Å². The molecule has 0 spiro atoms. The summed E-state index contributed by atoms with van der Waals surface area (Å²) in [4.78, 5) is 160. The van der Waals surface area contributed by atoms with Crippen molar-refractivity contribution in [2.45, 2.75) is 190 Å². The Kier molecular flexibility index (Phi) is 33.9. The number of aromatic hydroxyl groups is 1. The summed E-state index contributed by atoms with van der Waals surface area (Å²) in [5, 5.41) is 51.5. The molecule has 2 aromatic rings. The number of carboxylic acid groups (broad SMARTS) is 1. The van der Waals surface area contributed by atoms with Crippen LogP contribution in [0, 0.1) is 5.92 Å². The number of hydrogen-bond acceptors (Lipinski definition) is 17. The number of aliphatic carboxylic acids is 1. The number of carbonyl (C=O) groups excluding carboxylic acids is 10. The number of likely N-dealkylation sites (tertiary alicyclic amines) is 2. The second-order valence-corrected chi connectivity index (χ2v) is 24.9. The van der Waals surface area contributed by atoms with E-state index >= 15 is 0 Å². The third-order valence-corrected chi connectivity index (χ3v) is 16.6. The Bertz CT molecular complexity index is 2820. The molecule has 29 nitrogen and oxygen atoms in total. The number of nitrogens with one attached hydrogen (secondary N) is 8. The summed E-state index contributed by atoms with van der Waals surface area (Å²) in [7, 11) is 0. The zero-order valence-electron chi connectivity index (χ0n) is 53.9. The Morgan fingerprint density at radius 1 is 0.570 bits per heavy atom. The number of aliphatic imine (C=N–C) groups is 1. The molecule has 0 aromatic heterocycles. The molecule has 2 heterocycles. The lowest BCUT2D eigenvalue weighted by atomic mass is 10.0. The molecule has 0 bridgehead atoms. The molecule has 516 valence electrons. The molecule has 2 saturated heterocycles. The Labute approximate surface area is 548 Å². The number of phenols is 1. The summed E-state index contributed by atoms with van der Waals surface area (Å²) in [6.07, 6.45) is 6.36. The van der Waals surface area contributed by atoms with Gasteiger partial charge in [0.2, 0.25) is 59.1 Å². The first-order valence-electron chi connectivity index (χ1n) is 32.0. The summed E-state index contributed by atoms with van der Waals surface area (Å²) in [6, 6.07) is 2.18. The molecular formula is C63H99N15O14S. The standard InChI is InChI=1S/C63H99N15O14S/c1-38(2)34-46(54(83)69-39(3)53(82)73-45(62(91)92)19-13-30-68-63(66)67)75-59(88)51-21-15-32-78(51)61(90)44(27-33-93-4)72-58(87)50-20-14-31-77(50)60(89)43(18-10-12-29-65)71-56(85)48(35-40-16-7-5-8-17-40)74-57(86)49(37-79)76-55(84)47(36-41-23-25-42(80)26-24-41)70-52(81)22-9-6-11-28-64/h5,7-8,16-17,23-26,38-39,43-51,79-80H,6,9-15,18-22,27-37,64-65H2,1-4H3,(H,69,83)(H,70,81)(H,71,85)(H,72,87)(H,73,82)(H,74,86)(H,75,88)(H,76,84)(H,91,92)(H4,66,67,68)/t39-,43+,44+,45+,46+,47+,48+,49+,50+,51+/m1/s1. The number of nitrogens with zero attached hydrogens (tertiary/aromatic N) is 3. The molecule has 10 amide bonds. The minimum atomic E-state index is -1.62. The molecular weight excluding hydrogens is 1220 g/mol. The number of nitrogens with two attached hydrogens (primary N) is 4. The second kappa shape index (κ2) is 40.8. The van der Waals surface area contributed by atoms with Crippen molar-refractivity contribution >= 4 is 82.8 Å². The van der Waals surface area contributed by atoms with Gasteiger partial charge in [0.05, 0.1) is 6.61 Å². The lowest BCUT2D eigenvalue weighted by molar-refractivity contribution is -0.145. The van der Waals surface area contributed by atoms with Gasteiger partial charge in [0.1, 0.15) is 66.2 Å². The van der Waals surface area contributed by atoms with Crippen molar-refractivity contribution in [2.24, 2.45) is 33.8 Å². The maximum atomic E-state index is 14.9. The van der Waals surface area contributed by atoms with Gasteiger partial charge in [-0.3, -0.25) is 52.9 Å². The molecule has 0 aliphatic carbocycles. The van der Waals surface area contributed by atoms with Crippen LogP contribution in [-0.2, 0) is 65.6 Å². The van der Waals surface area contributed by atoms with Gasteiger partial charge >= 0.3 is 5.97 Å². The van der Waals surface area contributed by atoms with E-state index in [1.165, 1.54) is 40.6 Å². The number of guanidine groups is 1. The number of thioether (sulfide) groups is 1. The Morgan fingerprint density at radius 3 is 1.61 bits per heavy atom. The van der Waals surface area contributed by atoms with E-state index in [2.05, 4.69) is 47.5 Å². The number of carboxylic acids is 1. The predicted molar refractivity (Wildman–Crippen MR) is 350 cm³/mol. The summed E-state index contributed by atoms with van der Waals surface area (Å²) >= 11 is 1.42. The SMILES string of the molecule is CSCC[C@H](NC(=O)[C@@H]1CCCN1C(=O)[C@H](CCCCN)NC(=O)[C@H](Cc1ccccc1)NC(=O)[C@H](CO)NC(=O)[C@H](Cc1ccc(O)cc1)NC(=O)CCCCCN)C(=O)N1CCC[C@H]1C(=O)N[C@@H](CC(C)C)C(=O)N[C@H](C)C(=O)N[C@@H](CCCN=C(N)N)C(=O)O. The van der Waals surface area contributed by atoms with Crippen LogP contribution < -0.4 is 65.5 Å². The van der Waals surface area contributed by atoms with Crippen LogP contribution in [0.3, 0.4) is 0 Å². The lowest BCUT2D eigenvalue weighted by Crippen LogP contribution is -2.61. The van der Waals surface area contributed by atoms with Crippen LogP contribution in [0.15, 0.2) is 59.6 Å². The van der Waals surface area contributed by atoms with E-state index in [0.29, 0.717) is 68.4 Å². The van der Waals surface area contributed by atoms with Gasteiger partial charge < -0.3 is 90.6 Å². The van der Waals surface area contributed by atoms with Crippen LogP contribution in [0.25, 0.3) is 0 Å². The van der Waals surface area contributed by atoms with Gasteiger partial charge in [-0.25, -0.2) is 4.79 Å². The lowest BCUT2D eigenvalue weighted by Gasteiger charge is -2.32. The highest BCUT2D eigenvalue weighted by molar-refractivity contribution is 7.98. The number of aliphatic hydroxyl groups is 1. The van der Waals surface area contributed by atoms with Crippen molar-refractivity contribution in [3.63, 3.8) is 0 Å². The monoisotopic (exact) mass is 1320 g/mol. The van der Waals surface area contributed by atoms with E-state index in [9.17, 15) is 68.1 Å². The normalized spacial score (nSPS) is 17.0. The topological polar surface area (TPSA) is 468 Å². The maximum absolute atomic E-state index is 14.9. The Morgan fingerprint density at radius 2 is 1.06 bits per heavy atom. The fourth-order valence-electron chi connectivity index (χ4n) is 10.9. The zero-order valence-corrected chi connectivity index (χ0v) is 54.7. The number of hydrogen-bond donors (Lipinski definition) is 15. The number of aliphatic hydroxyl groups excluding tert-OH is 1. The second-order valence-electron chi connectivity index (χ2n) is 23.9. The Balaban J connectivity index is 1.51. The van der Waals surface area contributed by atoms with Gasteiger partial charge in [0.15, 0.2) is 5.96 Å². The van der Waals surface area contributed by atoms with Gasteiger partial charge in [-0.2, -0.15) is 11.8 Å². The van der Waals surface area contributed by atoms with Crippen LogP contribution in [0.5, 0.6) is 5.75 Å². The first kappa shape index (κ1) is 77.4. The number of phenolic OH excluding ortho intramolecular Hbond substituents is 1. The van der Waals surface area contributed by atoms with E-state index in [1.54, 1.807) is 42.5 Å². The van der Waals surface area contributed by atoms with E-state index in [0.717, 1.165) is 0 Å². The van der Waals surface area contributed by atoms with Crippen molar-refractivity contribution in [3.05, 3.63) is 65.7 Å². The first-order valence-corrected chi connectivity index (χ1v) is 33.4. The van der Waals surface area contributed by atoms with Crippen molar-refractivity contribution < 1.29 is 68.1 Å².